The molecule has 0 saturated heterocycles. The van der Waals surface area contributed by atoms with Crippen LogP contribution in [0.3, 0.4) is 0 Å². The van der Waals surface area contributed by atoms with Crippen molar-refractivity contribution in [2.75, 3.05) is 23.9 Å². The predicted molar refractivity (Wildman–Crippen MR) is 70.7 cm³/mol. The number of rotatable bonds is 5. The summed E-state index contributed by atoms with van der Waals surface area (Å²) >= 11 is 0. The number of amides is 1. The Labute approximate surface area is 111 Å². The molecule has 19 heavy (non-hydrogen) atoms. The molecular weight excluding hydrogens is 271 g/mol. The van der Waals surface area contributed by atoms with Crippen molar-refractivity contribution in [2.24, 2.45) is 0 Å². The first-order valence-electron chi connectivity index (χ1n) is 5.48. The Morgan fingerprint density at radius 3 is 3.16 bits per heavy atom. The Kier molecular flexibility index (Phi) is 4.10. The molecule has 1 aromatic rings. The zero-order valence-electron chi connectivity index (χ0n) is 10.1. The molecule has 1 aliphatic heterocycles. The second kappa shape index (κ2) is 5.79. The maximum Gasteiger partial charge on any atom is 0.322 e. The van der Waals surface area contributed by atoms with Crippen molar-refractivity contribution in [1.29, 1.82) is 0 Å². The van der Waals surface area contributed by atoms with E-state index in [0.717, 1.165) is 0 Å². The summed E-state index contributed by atoms with van der Waals surface area (Å²) in [7, 11) is 3.39. The summed E-state index contributed by atoms with van der Waals surface area (Å²) < 4.78 is 6.48. The van der Waals surface area contributed by atoms with Crippen LogP contribution in [0, 0.1) is 0 Å². The van der Waals surface area contributed by atoms with Gasteiger partial charge >= 0.3 is 5.97 Å². The fraction of sp³-hybridized carbons (Fsp3) is 0.333. The molecule has 0 unspecified atom stereocenters. The molecule has 0 spiro atoms. The van der Waals surface area contributed by atoms with Crippen LogP contribution in [0.4, 0.5) is 11.6 Å². The third-order valence-electron chi connectivity index (χ3n) is 2.35. The SMILES string of the molecule is CCOC(=O)CN1NNc2c(NC=O)ncn2C1=P. The molecule has 0 aromatic carbocycles. The van der Waals surface area contributed by atoms with Gasteiger partial charge in [0.2, 0.25) is 6.41 Å². The van der Waals surface area contributed by atoms with Gasteiger partial charge in [0.05, 0.1) is 6.61 Å². The normalized spacial score (nSPS) is 14.5. The second-order valence-corrected chi connectivity index (χ2v) is 3.97. The minimum absolute atomic E-state index is 0.00767. The Morgan fingerprint density at radius 2 is 2.47 bits per heavy atom. The Morgan fingerprint density at radius 1 is 1.68 bits per heavy atom. The molecule has 3 N–H and O–H groups in total. The van der Waals surface area contributed by atoms with Gasteiger partial charge in [-0.25, -0.2) is 4.98 Å². The minimum Gasteiger partial charge on any atom is -0.465 e. The maximum atomic E-state index is 11.4. The van der Waals surface area contributed by atoms with Crippen molar-refractivity contribution in [3.63, 3.8) is 0 Å². The Hall–Kier alpha value is -1.96. The maximum absolute atomic E-state index is 11.4. The van der Waals surface area contributed by atoms with Gasteiger partial charge in [-0.2, -0.15) is 10.5 Å². The molecule has 0 aliphatic carbocycles. The van der Waals surface area contributed by atoms with Gasteiger partial charge < -0.3 is 10.1 Å². The van der Waals surface area contributed by atoms with Crippen LogP contribution in [0.1, 0.15) is 6.92 Å². The number of aromatic nitrogens is 2. The zero-order chi connectivity index (χ0) is 13.8. The van der Waals surface area contributed by atoms with Crippen LogP contribution in [0.25, 0.3) is 0 Å². The van der Waals surface area contributed by atoms with Gasteiger partial charge in [0.1, 0.15) is 18.4 Å². The quantitative estimate of drug-likeness (QED) is 0.371. The third kappa shape index (κ3) is 2.73. The van der Waals surface area contributed by atoms with E-state index in [-0.39, 0.29) is 12.5 Å². The first-order chi connectivity index (χ1) is 9.17. The van der Waals surface area contributed by atoms with E-state index >= 15 is 0 Å². The zero-order valence-corrected chi connectivity index (χ0v) is 11.1. The number of carbonyl (C=O) groups is 2. The number of hydrogen-bond acceptors (Lipinski definition) is 6. The van der Waals surface area contributed by atoms with Gasteiger partial charge in [-0.3, -0.25) is 19.6 Å². The predicted octanol–water partition coefficient (Wildman–Crippen LogP) is -0.760. The van der Waals surface area contributed by atoms with Crippen LogP contribution in [0.5, 0.6) is 0 Å². The van der Waals surface area contributed by atoms with Crippen LogP contribution >= 0.6 is 8.86 Å². The van der Waals surface area contributed by atoms with Gasteiger partial charge in [-0.05, 0) is 6.92 Å². The van der Waals surface area contributed by atoms with Crippen LogP contribution in [0.15, 0.2) is 6.33 Å². The molecule has 2 rings (SSSR count). The van der Waals surface area contributed by atoms with Crippen molar-refractivity contribution in [3.8, 4) is 0 Å². The smallest absolute Gasteiger partial charge is 0.322 e. The highest BCUT2D eigenvalue weighted by Gasteiger charge is 2.25. The van der Waals surface area contributed by atoms with Crippen molar-refractivity contribution < 1.29 is 14.3 Å². The van der Waals surface area contributed by atoms with Crippen molar-refractivity contribution in [1.82, 2.24) is 20.1 Å². The summed E-state index contributed by atoms with van der Waals surface area (Å²) in [6, 6.07) is 0. The molecule has 0 saturated carbocycles. The lowest BCUT2D eigenvalue weighted by Gasteiger charge is -2.30. The summed E-state index contributed by atoms with van der Waals surface area (Å²) in [4.78, 5) is 25.9. The molecule has 1 amide bonds. The largest absolute Gasteiger partial charge is 0.465 e. The van der Waals surface area contributed by atoms with Crippen LogP contribution in [0.2, 0.25) is 0 Å². The summed E-state index contributed by atoms with van der Waals surface area (Å²) in [6.07, 6.45) is 2.03. The first-order valence-corrected chi connectivity index (χ1v) is 5.98. The van der Waals surface area contributed by atoms with E-state index in [4.69, 9.17) is 4.74 Å². The number of imidazole rings is 1. The number of anilines is 2. The highest BCUT2D eigenvalue weighted by molar-refractivity contribution is 7.20. The molecule has 0 bridgehead atoms. The van der Waals surface area contributed by atoms with E-state index in [2.05, 4.69) is 30.1 Å². The number of nitrogens with one attached hydrogen (secondary N) is 3. The van der Waals surface area contributed by atoms with E-state index in [1.54, 1.807) is 11.5 Å². The van der Waals surface area contributed by atoms with Crippen LogP contribution in [-0.4, -0.2) is 45.6 Å². The summed E-state index contributed by atoms with van der Waals surface area (Å²) in [5.41, 5.74) is 6.13. The minimum atomic E-state index is -0.373. The van der Waals surface area contributed by atoms with E-state index in [0.29, 0.717) is 30.2 Å². The number of hydrogen-bond donors (Lipinski definition) is 3. The van der Waals surface area contributed by atoms with Crippen LogP contribution in [-0.2, 0) is 14.3 Å². The highest BCUT2D eigenvalue weighted by Crippen LogP contribution is 2.22. The monoisotopic (exact) mass is 284 g/mol. The molecular formula is C9H13N6O3P. The lowest BCUT2D eigenvalue weighted by atomic mass is 10.5. The number of esters is 1. The number of hydrazine groups is 2. The number of carbonyl (C=O) groups excluding carboxylic acids is 2. The van der Waals surface area contributed by atoms with Crippen molar-refractivity contribution in [2.45, 2.75) is 6.92 Å². The van der Waals surface area contributed by atoms with Crippen LogP contribution < -0.4 is 16.3 Å². The average Bonchev–Trinajstić information content (AvgIpc) is 2.78. The van der Waals surface area contributed by atoms with E-state index < -0.39 is 0 Å². The summed E-state index contributed by atoms with van der Waals surface area (Å²) in [6.45, 7) is 2.07. The second-order valence-electron chi connectivity index (χ2n) is 3.53. The van der Waals surface area contributed by atoms with Crippen molar-refractivity contribution in [3.05, 3.63) is 6.33 Å². The fourth-order valence-corrected chi connectivity index (χ4v) is 1.85. The lowest BCUT2D eigenvalue weighted by Crippen LogP contribution is -2.54. The summed E-state index contributed by atoms with van der Waals surface area (Å²) in [5.74, 6) is 0.536. The topological polar surface area (TPSA) is 101 Å². The molecule has 1 aliphatic rings. The molecule has 2 heterocycles. The van der Waals surface area contributed by atoms with E-state index in [1.165, 1.54) is 11.3 Å². The molecule has 9 nitrogen and oxygen atoms in total. The number of nitrogens with zero attached hydrogens (tertiary/aromatic N) is 3. The lowest BCUT2D eigenvalue weighted by molar-refractivity contribution is -0.144. The molecule has 0 atom stereocenters. The van der Waals surface area contributed by atoms with Gasteiger partial charge in [-0.15, -0.1) is 0 Å². The van der Waals surface area contributed by atoms with Gasteiger partial charge in [-0.1, -0.05) is 8.86 Å². The molecule has 0 radical (unpaired) electrons. The molecule has 102 valence electrons. The van der Waals surface area contributed by atoms with Gasteiger partial charge in [0.25, 0.3) is 0 Å². The fourth-order valence-electron chi connectivity index (χ4n) is 1.54. The Balaban J connectivity index is 2.11. The Bertz CT molecular complexity index is 516. The number of ether oxygens (including phenoxy) is 1. The van der Waals surface area contributed by atoms with Gasteiger partial charge in [0, 0.05) is 0 Å². The van der Waals surface area contributed by atoms with E-state index in [1.807, 2.05) is 0 Å². The average molecular weight is 284 g/mol. The highest BCUT2D eigenvalue weighted by atomic mass is 31.0. The summed E-state index contributed by atoms with van der Waals surface area (Å²) in [5, 5.41) is 3.95. The molecule has 0 fully saturated rings. The molecule has 1 aromatic heterocycles. The number of fused-ring (bicyclic) bond motifs is 1. The first kappa shape index (κ1) is 13.5. The van der Waals surface area contributed by atoms with Crippen molar-refractivity contribution >= 4 is 38.4 Å². The molecule has 10 heteroatoms. The third-order valence-corrected chi connectivity index (χ3v) is 2.86. The van der Waals surface area contributed by atoms with E-state index in [9.17, 15) is 9.59 Å². The standard InChI is InChI=1S/C9H13N6O3P/c1-2-18-6(17)3-15-9(19)14-4-10-7(11-5-16)8(14)12-13-15/h4-5,12-13,19H,2-3H2,1H3,(H,11,16). The van der Waals surface area contributed by atoms with Gasteiger partial charge in [0.15, 0.2) is 11.6 Å².